The molecule has 0 unspecified atom stereocenters. The van der Waals surface area contributed by atoms with Crippen LogP contribution in [0.15, 0.2) is 24.3 Å². The Bertz CT molecular complexity index is 618. The van der Waals surface area contributed by atoms with E-state index in [1.54, 1.807) is 13.0 Å². The second-order valence-corrected chi connectivity index (χ2v) is 3.99. The smallest absolute Gasteiger partial charge is 0.339 e. The highest BCUT2D eigenvalue weighted by atomic mass is 16.4. The Morgan fingerprint density at radius 2 is 1.39 bits per heavy atom. The first-order valence-corrected chi connectivity index (χ1v) is 5.14. The van der Waals surface area contributed by atoms with Crippen molar-refractivity contribution in [3.05, 3.63) is 41.0 Å². The molecule has 2 rings (SSSR count). The predicted molar refractivity (Wildman–Crippen MR) is 64.3 cm³/mol. The molecule has 92 valence electrons. The summed E-state index contributed by atoms with van der Waals surface area (Å²) < 4.78 is 0. The van der Waals surface area contributed by atoms with E-state index >= 15 is 0 Å². The number of aromatic carboxylic acids is 2. The summed E-state index contributed by atoms with van der Waals surface area (Å²) in [6, 6.07) is 5.58. The number of rotatable bonds is 2. The fraction of sp³-hybridized carbons (Fsp3) is 0.0769. The Morgan fingerprint density at radius 3 is 1.94 bits per heavy atom. The third kappa shape index (κ3) is 1.86. The van der Waals surface area contributed by atoms with E-state index in [4.69, 9.17) is 10.2 Å². The minimum absolute atomic E-state index is 0.115. The molecule has 0 aliphatic heterocycles. The Labute approximate surface area is 102 Å². The fourth-order valence-electron chi connectivity index (χ4n) is 1.85. The molecule has 0 bridgehead atoms. The second-order valence-electron chi connectivity index (χ2n) is 3.99. The molecule has 5 heteroatoms. The molecule has 0 spiro atoms. The minimum atomic E-state index is -1.26. The lowest BCUT2D eigenvalue weighted by Gasteiger charge is -2.07. The van der Waals surface area contributed by atoms with Crippen molar-refractivity contribution in [3.63, 3.8) is 0 Å². The van der Waals surface area contributed by atoms with Gasteiger partial charge in [0.25, 0.3) is 0 Å². The lowest BCUT2D eigenvalue weighted by atomic mass is 9.99. The maximum Gasteiger partial charge on any atom is 0.339 e. The number of aryl methyl sites for hydroxylation is 1. The molecule has 18 heavy (non-hydrogen) atoms. The molecule has 0 saturated heterocycles. The van der Waals surface area contributed by atoms with Gasteiger partial charge in [-0.15, -0.1) is 0 Å². The van der Waals surface area contributed by atoms with E-state index in [-0.39, 0.29) is 16.9 Å². The van der Waals surface area contributed by atoms with Crippen molar-refractivity contribution in [3.8, 4) is 5.75 Å². The van der Waals surface area contributed by atoms with E-state index in [0.29, 0.717) is 16.3 Å². The maximum atomic E-state index is 11.0. The van der Waals surface area contributed by atoms with Gasteiger partial charge in [0.2, 0.25) is 0 Å². The molecular weight excluding hydrogens is 236 g/mol. The van der Waals surface area contributed by atoms with E-state index in [2.05, 4.69) is 0 Å². The average molecular weight is 246 g/mol. The van der Waals surface area contributed by atoms with Crippen LogP contribution in [0.4, 0.5) is 0 Å². The summed E-state index contributed by atoms with van der Waals surface area (Å²) in [5.41, 5.74) is 0.421. The summed E-state index contributed by atoms with van der Waals surface area (Å²) in [5.74, 6) is -2.66. The Kier molecular flexibility index (Phi) is 2.67. The van der Waals surface area contributed by atoms with E-state index in [1.165, 1.54) is 18.2 Å². The number of carboxylic acid groups (broad SMARTS) is 2. The van der Waals surface area contributed by atoms with Crippen molar-refractivity contribution in [2.75, 3.05) is 0 Å². The zero-order chi connectivity index (χ0) is 13.4. The number of hydrogen-bond acceptors (Lipinski definition) is 3. The van der Waals surface area contributed by atoms with Crippen molar-refractivity contribution in [1.29, 1.82) is 0 Å². The number of carbonyl (C=O) groups is 2. The molecule has 2 aromatic rings. The van der Waals surface area contributed by atoms with Crippen LogP contribution in [0.2, 0.25) is 0 Å². The summed E-state index contributed by atoms with van der Waals surface area (Å²) in [4.78, 5) is 21.9. The largest absolute Gasteiger partial charge is 0.507 e. The first-order valence-electron chi connectivity index (χ1n) is 5.14. The molecule has 3 N–H and O–H groups in total. The van der Waals surface area contributed by atoms with Crippen LogP contribution in [0, 0.1) is 6.92 Å². The second kappa shape index (κ2) is 4.03. The van der Waals surface area contributed by atoms with Gasteiger partial charge in [-0.25, -0.2) is 9.59 Å². The molecule has 0 fully saturated rings. The van der Waals surface area contributed by atoms with Crippen LogP contribution in [0.3, 0.4) is 0 Å². The van der Waals surface area contributed by atoms with Crippen LogP contribution in [0.1, 0.15) is 26.3 Å². The van der Waals surface area contributed by atoms with Gasteiger partial charge in [0.15, 0.2) is 0 Å². The summed E-state index contributed by atoms with van der Waals surface area (Å²) in [6.45, 7) is 1.64. The van der Waals surface area contributed by atoms with Gasteiger partial charge in [-0.2, -0.15) is 0 Å². The number of aromatic hydroxyl groups is 1. The average Bonchev–Trinajstić information content (AvgIpc) is 2.26. The zero-order valence-electron chi connectivity index (χ0n) is 9.47. The van der Waals surface area contributed by atoms with Gasteiger partial charge >= 0.3 is 11.9 Å². The van der Waals surface area contributed by atoms with Crippen LogP contribution in [-0.2, 0) is 0 Å². The summed E-state index contributed by atoms with van der Waals surface area (Å²) >= 11 is 0. The predicted octanol–water partition coefficient (Wildman–Crippen LogP) is 2.25. The van der Waals surface area contributed by atoms with Crippen LogP contribution < -0.4 is 0 Å². The van der Waals surface area contributed by atoms with Gasteiger partial charge in [0.1, 0.15) is 11.3 Å². The zero-order valence-corrected chi connectivity index (χ0v) is 9.47. The molecule has 0 amide bonds. The Balaban J connectivity index is 2.79. The van der Waals surface area contributed by atoms with Gasteiger partial charge in [0, 0.05) is 0 Å². The van der Waals surface area contributed by atoms with Crippen molar-refractivity contribution in [2.24, 2.45) is 0 Å². The fourth-order valence-corrected chi connectivity index (χ4v) is 1.85. The maximum absolute atomic E-state index is 11.0. The number of fused-ring (bicyclic) bond motifs is 1. The SMILES string of the molecule is Cc1cc2cc(O)c(C(=O)O)cc2cc1C(=O)O. The number of phenols is 1. The van der Waals surface area contributed by atoms with Crippen molar-refractivity contribution in [2.45, 2.75) is 6.92 Å². The molecule has 2 aromatic carbocycles. The van der Waals surface area contributed by atoms with E-state index in [9.17, 15) is 14.7 Å². The molecule has 0 aromatic heterocycles. The molecule has 5 nitrogen and oxygen atoms in total. The van der Waals surface area contributed by atoms with Gasteiger partial charge in [-0.3, -0.25) is 0 Å². The topological polar surface area (TPSA) is 94.8 Å². The monoisotopic (exact) mass is 246 g/mol. The molecule has 0 radical (unpaired) electrons. The summed E-state index contributed by atoms with van der Waals surface area (Å²) in [5, 5.41) is 28.5. The molecule has 0 aliphatic rings. The van der Waals surface area contributed by atoms with Crippen LogP contribution in [0.25, 0.3) is 10.8 Å². The third-order valence-electron chi connectivity index (χ3n) is 2.76. The molecule has 0 atom stereocenters. The number of benzene rings is 2. The number of carboxylic acids is 2. The third-order valence-corrected chi connectivity index (χ3v) is 2.76. The molecular formula is C13H10O5. The van der Waals surface area contributed by atoms with Gasteiger partial charge < -0.3 is 15.3 Å². The van der Waals surface area contributed by atoms with Crippen LogP contribution >= 0.6 is 0 Å². The van der Waals surface area contributed by atoms with Crippen molar-refractivity contribution in [1.82, 2.24) is 0 Å². The van der Waals surface area contributed by atoms with Gasteiger partial charge in [0.05, 0.1) is 5.56 Å². The van der Waals surface area contributed by atoms with E-state index in [1.807, 2.05) is 0 Å². The van der Waals surface area contributed by atoms with Gasteiger partial charge in [-0.1, -0.05) is 6.07 Å². The molecule has 0 aliphatic carbocycles. The highest BCUT2D eigenvalue weighted by molar-refractivity contribution is 6.01. The first-order chi connectivity index (χ1) is 8.40. The molecule has 0 heterocycles. The van der Waals surface area contributed by atoms with Crippen molar-refractivity contribution >= 4 is 22.7 Å². The summed E-state index contributed by atoms with van der Waals surface area (Å²) in [6.07, 6.45) is 0. The first kappa shape index (κ1) is 11.9. The summed E-state index contributed by atoms with van der Waals surface area (Å²) in [7, 11) is 0. The highest BCUT2D eigenvalue weighted by Gasteiger charge is 2.14. The Morgan fingerprint density at radius 1 is 0.889 bits per heavy atom. The lowest BCUT2D eigenvalue weighted by Crippen LogP contribution is -2.01. The minimum Gasteiger partial charge on any atom is -0.507 e. The van der Waals surface area contributed by atoms with E-state index < -0.39 is 11.9 Å². The van der Waals surface area contributed by atoms with Gasteiger partial charge in [-0.05, 0) is 41.5 Å². The van der Waals surface area contributed by atoms with Crippen molar-refractivity contribution < 1.29 is 24.9 Å². The Hall–Kier alpha value is -2.56. The number of hydrogen-bond donors (Lipinski definition) is 3. The normalized spacial score (nSPS) is 10.5. The van der Waals surface area contributed by atoms with Crippen LogP contribution in [-0.4, -0.2) is 27.3 Å². The molecule has 0 saturated carbocycles. The highest BCUT2D eigenvalue weighted by Crippen LogP contribution is 2.27. The lowest BCUT2D eigenvalue weighted by molar-refractivity contribution is 0.0684. The van der Waals surface area contributed by atoms with E-state index in [0.717, 1.165) is 0 Å². The quantitative estimate of drug-likeness (QED) is 0.755. The van der Waals surface area contributed by atoms with Crippen LogP contribution in [0.5, 0.6) is 5.75 Å². The standard InChI is InChI=1S/C13H10O5/c1-6-2-7-5-11(14)10(13(17)18)4-8(7)3-9(6)12(15)16/h2-5,14H,1H3,(H,15,16)(H,17,18).